The van der Waals surface area contributed by atoms with Crippen molar-refractivity contribution < 1.29 is 10.2 Å². The van der Waals surface area contributed by atoms with Gasteiger partial charge in [0.05, 0.1) is 17.9 Å². The molecule has 0 radical (unpaired) electrons. The maximum Gasteiger partial charge on any atom is 0.229 e. The Hall–Kier alpha value is -2.79. The molecule has 5 rings (SSSR count). The Bertz CT molecular complexity index is 1320. The summed E-state index contributed by atoms with van der Waals surface area (Å²) in [5.74, 6) is 1.14. The van der Waals surface area contributed by atoms with Crippen molar-refractivity contribution in [1.29, 1.82) is 0 Å². The third-order valence-electron chi connectivity index (χ3n) is 6.28. The van der Waals surface area contributed by atoms with Crippen molar-refractivity contribution in [2.45, 2.75) is 32.6 Å². The van der Waals surface area contributed by atoms with Gasteiger partial charge < -0.3 is 20.1 Å². The van der Waals surface area contributed by atoms with Crippen LogP contribution in [0.4, 0.5) is 11.6 Å². The topological polar surface area (TPSA) is 104 Å². The van der Waals surface area contributed by atoms with Crippen molar-refractivity contribution in [3.63, 3.8) is 0 Å². The lowest BCUT2D eigenvalue weighted by atomic mass is 10.2. The fourth-order valence-corrected chi connectivity index (χ4v) is 4.84. The number of likely N-dealkylation sites (tertiary alicyclic amines) is 1. The molecule has 2 atom stereocenters. The van der Waals surface area contributed by atoms with E-state index in [9.17, 15) is 10.2 Å². The Morgan fingerprint density at radius 3 is 2.67 bits per heavy atom. The second kappa shape index (κ2) is 8.53. The van der Waals surface area contributed by atoms with Gasteiger partial charge >= 0.3 is 0 Å². The Morgan fingerprint density at radius 1 is 1.15 bits per heavy atom. The van der Waals surface area contributed by atoms with Crippen LogP contribution in [0, 0.1) is 13.8 Å². The Kier molecular flexibility index (Phi) is 5.69. The summed E-state index contributed by atoms with van der Waals surface area (Å²) in [5, 5.41) is 28.6. The van der Waals surface area contributed by atoms with Gasteiger partial charge in [-0.1, -0.05) is 0 Å². The molecule has 3 N–H and O–H groups in total. The normalized spacial score (nSPS) is 19.0. The molecular weight excluding hydrogens is 486 g/mol. The molecule has 1 aliphatic rings. The minimum Gasteiger partial charge on any atom is -0.389 e. The molecule has 0 unspecified atom stereocenters. The lowest BCUT2D eigenvalue weighted by Crippen LogP contribution is -2.22. The van der Waals surface area contributed by atoms with Gasteiger partial charge in [0.25, 0.3) is 0 Å². The Labute approximate surface area is 199 Å². The summed E-state index contributed by atoms with van der Waals surface area (Å²) in [7, 11) is 2.05. The molecule has 9 nitrogen and oxygen atoms in total. The number of halogens is 1. The molecule has 0 amide bonds. The minimum atomic E-state index is -0.699. The van der Waals surface area contributed by atoms with Crippen LogP contribution in [0.5, 0.6) is 0 Å². The summed E-state index contributed by atoms with van der Waals surface area (Å²) in [5.41, 5.74) is 5.13. The van der Waals surface area contributed by atoms with Gasteiger partial charge in [0, 0.05) is 77.5 Å². The van der Waals surface area contributed by atoms with Gasteiger partial charge in [-0.3, -0.25) is 4.90 Å². The number of hydrogen-bond acceptors (Lipinski definition) is 7. The second-order valence-corrected chi connectivity index (χ2v) is 9.36. The van der Waals surface area contributed by atoms with E-state index in [1.54, 1.807) is 10.9 Å². The van der Waals surface area contributed by atoms with Gasteiger partial charge in [0.15, 0.2) is 5.82 Å². The zero-order valence-electron chi connectivity index (χ0n) is 18.7. The minimum absolute atomic E-state index is 0.453. The first-order chi connectivity index (χ1) is 15.8. The number of nitrogens with one attached hydrogen (secondary N) is 1. The summed E-state index contributed by atoms with van der Waals surface area (Å²) in [6.07, 6.45) is 2.25. The third kappa shape index (κ3) is 4.15. The molecule has 33 heavy (non-hydrogen) atoms. The van der Waals surface area contributed by atoms with E-state index in [0.717, 1.165) is 32.3 Å². The number of β-amino-alcohol motifs (C(OH)–C–C–N with tert-alkyl or cyclic N) is 2. The van der Waals surface area contributed by atoms with Crippen molar-refractivity contribution >= 4 is 38.5 Å². The number of aliphatic hydroxyl groups excluding tert-OH is 2. The highest BCUT2D eigenvalue weighted by Gasteiger charge is 2.29. The van der Waals surface area contributed by atoms with E-state index < -0.39 is 12.2 Å². The molecule has 0 saturated carbocycles. The highest BCUT2D eigenvalue weighted by Crippen LogP contribution is 2.32. The van der Waals surface area contributed by atoms with Crippen molar-refractivity contribution in [3.05, 3.63) is 58.1 Å². The average Bonchev–Trinajstić information content (AvgIpc) is 3.39. The quantitative estimate of drug-likeness (QED) is 0.378. The lowest BCUT2D eigenvalue weighted by molar-refractivity contribution is 0.0572. The second-order valence-electron chi connectivity index (χ2n) is 8.57. The van der Waals surface area contributed by atoms with E-state index in [0.29, 0.717) is 31.4 Å². The number of hydrogen-bond donors (Lipinski definition) is 3. The average molecular weight is 512 g/mol. The maximum absolute atomic E-state index is 9.80. The first-order valence-electron chi connectivity index (χ1n) is 10.8. The van der Waals surface area contributed by atoms with E-state index in [1.165, 1.54) is 5.69 Å². The van der Waals surface area contributed by atoms with Gasteiger partial charge in [0.2, 0.25) is 5.95 Å². The Balaban J connectivity index is 1.37. The molecule has 172 valence electrons. The summed E-state index contributed by atoms with van der Waals surface area (Å²) < 4.78 is 4.97. The molecule has 1 fully saturated rings. The lowest BCUT2D eigenvalue weighted by Gasteiger charge is -2.13. The van der Waals surface area contributed by atoms with E-state index in [-0.39, 0.29) is 0 Å². The summed E-state index contributed by atoms with van der Waals surface area (Å²) >= 11 is 3.69. The fraction of sp³-hybridized carbons (Fsp3) is 0.348. The third-order valence-corrected chi connectivity index (χ3v) is 7.28. The molecule has 10 heteroatoms. The van der Waals surface area contributed by atoms with Crippen LogP contribution in [-0.2, 0) is 13.6 Å². The van der Waals surface area contributed by atoms with Crippen LogP contribution in [-0.4, -0.2) is 64.7 Å². The van der Waals surface area contributed by atoms with Crippen molar-refractivity contribution in [3.8, 4) is 5.82 Å². The predicted octanol–water partition coefficient (Wildman–Crippen LogP) is 2.81. The fourth-order valence-electron chi connectivity index (χ4n) is 4.26. The zero-order chi connectivity index (χ0) is 23.3. The van der Waals surface area contributed by atoms with Gasteiger partial charge in [0.1, 0.15) is 0 Å². The van der Waals surface area contributed by atoms with E-state index >= 15 is 0 Å². The van der Waals surface area contributed by atoms with Crippen LogP contribution < -0.4 is 5.32 Å². The SMILES string of the molecule is Cc1nn(-c2ccnc(Nc3ccc4c(c3)c(Br)c(C)n4C)n2)cc1CN1C[C@@H](O)[C@@H](O)C1. The molecule has 0 aliphatic carbocycles. The maximum atomic E-state index is 9.80. The van der Waals surface area contributed by atoms with E-state index in [4.69, 9.17) is 0 Å². The van der Waals surface area contributed by atoms with Gasteiger partial charge in [-0.2, -0.15) is 10.1 Å². The van der Waals surface area contributed by atoms with Crippen molar-refractivity contribution in [2.75, 3.05) is 18.4 Å². The van der Waals surface area contributed by atoms with Crippen LogP contribution in [0.2, 0.25) is 0 Å². The Morgan fingerprint density at radius 2 is 1.91 bits per heavy atom. The van der Waals surface area contributed by atoms with Gasteiger partial charge in [-0.15, -0.1) is 0 Å². The molecule has 4 aromatic rings. The molecule has 1 saturated heterocycles. The van der Waals surface area contributed by atoms with E-state index in [1.807, 2.05) is 30.2 Å². The number of aliphatic hydroxyl groups is 2. The van der Waals surface area contributed by atoms with Crippen LogP contribution in [0.3, 0.4) is 0 Å². The smallest absolute Gasteiger partial charge is 0.229 e. The number of aryl methyl sites for hydroxylation is 2. The monoisotopic (exact) mass is 511 g/mol. The molecule has 1 aliphatic heterocycles. The van der Waals surface area contributed by atoms with Crippen LogP contribution in [0.25, 0.3) is 16.7 Å². The standard InChI is InChI=1S/C23H26BrN7O2/c1-13-15(9-30-11-19(32)20(33)12-30)10-31(28-13)21-6-7-25-23(27-21)26-16-4-5-18-17(8-16)22(24)14(2)29(18)3/h4-8,10,19-20,32-33H,9,11-12H2,1-3H3,(H,25,26,27)/t19-,20+. The number of anilines is 2. The van der Waals surface area contributed by atoms with Gasteiger partial charge in [-0.25, -0.2) is 9.67 Å². The number of fused-ring (bicyclic) bond motifs is 1. The van der Waals surface area contributed by atoms with Crippen LogP contribution in [0.15, 0.2) is 41.1 Å². The molecular formula is C23H26BrN7O2. The highest BCUT2D eigenvalue weighted by molar-refractivity contribution is 9.10. The number of rotatable bonds is 5. The summed E-state index contributed by atoms with van der Waals surface area (Å²) in [6, 6.07) is 7.98. The first-order valence-corrected chi connectivity index (χ1v) is 11.6. The van der Waals surface area contributed by atoms with Crippen molar-refractivity contribution in [2.24, 2.45) is 7.05 Å². The number of benzene rings is 1. The number of nitrogens with zero attached hydrogens (tertiary/aromatic N) is 6. The first kappa shape index (κ1) is 22.0. The molecule has 1 aromatic carbocycles. The highest BCUT2D eigenvalue weighted by atomic mass is 79.9. The molecule has 4 heterocycles. The van der Waals surface area contributed by atoms with Crippen LogP contribution in [0.1, 0.15) is 17.0 Å². The van der Waals surface area contributed by atoms with E-state index in [2.05, 4.69) is 67.0 Å². The molecule has 0 spiro atoms. The largest absolute Gasteiger partial charge is 0.389 e. The predicted molar refractivity (Wildman–Crippen MR) is 130 cm³/mol. The zero-order valence-corrected chi connectivity index (χ0v) is 20.3. The van der Waals surface area contributed by atoms with Gasteiger partial charge in [-0.05, 0) is 48.0 Å². The molecule has 0 bridgehead atoms. The van der Waals surface area contributed by atoms with Crippen molar-refractivity contribution in [1.82, 2.24) is 29.2 Å². The summed E-state index contributed by atoms with van der Waals surface area (Å²) in [6.45, 7) is 5.55. The molecule has 3 aromatic heterocycles. The van der Waals surface area contributed by atoms with Crippen LogP contribution >= 0.6 is 15.9 Å². The summed E-state index contributed by atoms with van der Waals surface area (Å²) in [4.78, 5) is 11.0. The number of aromatic nitrogens is 5.